The van der Waals surface area contributed by atoms with E-state index < -0.39 is 0 Å². The predicted octanol–water partition coefficient (Wildman–Crippen LogP) is 0.510. The Balaban J connectivity index is 2.09. The number of aromatic nitrogens is 2. The van der Waals surface area contributed by atoms with Crippen molar-refractivity contribution in [2.24, 2.45) is 0 Å². The van der Waals surface area contributed by atoms with Gasteiger partial charge in [0.25, 0.3) is 0 Å². The van der Waals surface area contributed by atoms with Gasteiger partial charge in [-0.05, 0) is 13.8 Å². The van der Waals surface area contributed by atoms with E-state index in [0.29, 0.717) is 6.61 Å². The van der Waals surface area contributed by atoms with E-state index in [2.05, 4.69) is 20.2 Å². The molecule has 1 amide bonds. The van der Waals surface area contributed by atoms with Gasteiger partial charge in [0.2, 0.25) is 6.41 Å². The van der Waals surface area contributed by atoms with Crippen molar-refractivity contribution in [1.29, 1.82) is 0 Å². The van der Waals surface area contributed by atoms with Crippen molar-refractivity contribution in [3.8, 4) is 0 Å². The molecule has 0 spiro atoms. The summed E-state index contributed by atoms with van der Waals surface area (Å²) >= 11 is 0. The summed E-state index contributed by atoms with van der Waals surface area (Å²) in [5.74, 6) is 1.77. The van der Waals surface area contributed by atoms with Crippen molar-refractivity contribution >= 4 is 18.0 Å². The highest BCUT2D eigenvalue weighted by molar-refractivity contribution is 5.59. The molecule has 0 radical (unpaired) electrons. The lowest BCUT2D eigenvalue weighted by atomic mass is 10.2. The zero-order valence-corrected chi connectivity index (χ0v) is 12.9. The van der Waals surface area contributed by atoms with Gasteiger partial charge in [0.05, 0.1) is 6.61 Å². The van der Waals surface area contributed by atoms with Crippen LogP contribution in [0, 0.1) is 6.92 Å². The van der Waals surface area contributed by atoms with Crippen LogP contribution in [0.3, 0.4) is 0 Å². The van der Waals surface area contributed by atoms with Crippen molar-refractivity contribution in [3.63, 3.8) is 0 Å². The van der Waals surface area contributed by atoms with Crippen LogP contribution in [0.15, 0.2) is 6.33 Å². The number of carbonyl (C=O) groups is 1. The van der Waals surface area contributed by atoms with Crippen LogP contribution in [0.1, 0.15) is 12.5 Å². The Bertz CT molecular complexity index is 474. The van der Waals surface area contributed by atoms with Crippen molar-refractivity contribution in [2.45, 2.75) is 19.9 Å². The molecule has 7 nitrogen and oxygen atoms in total. The fourth-order valence-corrected chi connectivity index (χ4v) is 2.47. The summed E-state index contributed by atoms with van der Waals surface area (Å²) in [6, 6.07) is 0.184. The highest BCUT2D eigenvalue weighted by Crippen LogP contribution is 2.23. The Hall–Kier alpha value is -1.89. The molecule has 2 heterocycles. The van der Waals surface area contributed by atoms with Crippen LogP contribution in [-0.4, -0.2) is 67.2 Å². The molecule has 1 N–H and O–H groups in total. The molecule has 0 saturated carbocycles. The lowest BCUT2D eigenvalue weighted by Crippen LogP contribution is -2.46. The predicted molar refractivity (Wildman–Crippen MR) is 81.6 cm³/mol. The number of amides is 1. The third kappa shape index (κ3) is 3.81. The van der Waals surface area contributed by atoms with E-state index in [4.69, 9.17) is 4.74 Å². The van der Waals surface area contributed by atoms with Crippen LogP contribution >= 0.6 is 0 Å². The van der Waals surface area contributed by atoms with Gasteiger partial charge in [-0.1, -0.05) is 0 Å². The number of methoxy groups -OCH3 is 1. The van der Waals surface area contributed by atoms with Crippen LogP contribution in [0.25, 0.3) is 0 Å². The second kappa shape index (κ2) is 7.21. The monoisotopic (exact) mass is 293 g/mol. The first kappa shape index (κ1) is 15.5. The fourth-order valence-electron chi connectivity index (χ4n) is 2.47. The average molecular weight is 293 g/mol. The van der Waals surface area contributed by atoms with Crippen LogP contribution in [0.2, 0.25) is 0 Å². The van der Waals surface area contributed by atoms with Gasteiger partial charge in [0.15, 0.2) is 0 Å². The molecule has 1 atom stereocenters. The quantitative estimate of drug-likeness (QED) is 0.771. The summed E-state index contributed by atoms with van der Waals surface area (Å²) in [4.78, 5) is 23.5. The van der Waals surface area contributed by atoms with Gasteiger partial charge in [-0.2, -0.15) is 0 Å². The summed E-state index contributed by atoms with van der Waals surface area (Å²) in [6.45, 7) is 7.74. The molecule has 2 rings (SSSR count). The summed E-state index contributed by atoms with van der Waals surface area (Å²) in [6.07, 6.45) is 2.49. The average Bonchev–Trinajstić information content (AvgIpc) is 2.50. The number of hydrogen-bond acceptors (Lipinski definition) is 6. The van der Waals surface area contributed by atoms with Crippen LogP contribution in [-0.2, 0) is 9.53 Å². The number of ether oxygens (including phenoxy) is 1. The minimum absolute atomic E-state index is 0.184. The van der Waals surface area contributed by atoms with Gasteiger partial charge in [-0.25, -0.2) is 9.97 Å². The molecule has 7 heteroatoms. The summed E-state index contributed by atoms with van der Waals surface area (Å²) in [7, 11) is 1.68. The molecule has 116 valence electrons. The van der Waals surface area contributed by atoms with Crippen molar-refractivity contribution < 1.29 is 9.53 Å². The second-order valence-corrected chi connectivity index (χ2v) is 5.30. The Kier molecular flexibility index (Phi) is 5.32. The molecule has 1 aromatic heterocycles. The fraction of sp³-hybridized carbons (Fsp3) is 0.643. The Morgan fingerprint density at radius 3 is 2.71 bits per heavy atom. The van der Waals surface area contributed by atoms with E-state index in [0.717, 1.165) is 49.8 Å². The normalized spacial score (nSPS) is 16.7. The molecule has 0 bridgehead atoms. The van der Waals surface area contributed by atoms with E-state index in [-0.39, 0.29) is 6.04 Å². The zero-order chi connectivity index (χ0) is 15.2. The molecule has 1 aliphatic rings. The third-order valence-electron chi connectivity index (χ3n) is 3.62. The molecule has 1 saturated heterocycles. The smallest absolute Gasteiger partial charge is 0.209 e. The molecule has 0 aliphatic carbocycles. The molecule has 1 aliphatic heterocycles. The largest absolute Gasteiger partial charge is 0.383 e. The Labute approximate surface area is 125 Å². The summed E-state index contributed by atoms with van der Waals surface area (Å²) in [5, 5.41) is 3.34. The van der Waals surface area contributed by atoms with Crippen LogP contribution in [0.4, 0.5) is 11.6 Å². The van der Waals surface area contributed by atoms with Crippen molar-refractivity contribution in [3.05, 3.63) is 11.9 Å². The minimum Gasteiger partial charge on any atom is -0.383 e. The summed E-state index contributed by atoms with van der Waals surface area (Å²) in [5.41, 5.74) is 1.03. The van der Waals surface area contributed by atoms with Gasteiger partial charge in [-0.15, -0.1) is 0 Å². The van der Waals surface area contributed by atoms with Crippen molar-refractivity contribution in [1.82, 2.24) is 14.9 Å². The number of piperazine rings is 1. The standard InChI is InChI=1S/C14H23N5O2/c1-11(8-21-3)17-13-12(2)14(16-9-15-13)19-6-4-18(10-20)5-7-19/h9-11H,4-8H2,1-3H3,(H,15,16,17)/t11-/m1/s1. The topological polar surface area (TPSA) is 70.6 Å². The molecular formula is C14H23N5O2. The summed E-state index contributed by atoms with van der Waals surface area (Å²) < 4.78 is 5.13. The first-order valence-electron chi connectivity index (χ1n) is 7.17. The Morgan fingerprint density at radius 2 is 2.10 bits per heavy atom. The number of carbonyl (C=O) groups excluding carboxylic acids is 1. The van der Waals surface area contributed by atoms with Gasteiger partial charge >= 0.3 is 0 Å². The number of rotatable bonds is 6. The maximum absolute atomic E-state index is 10.8. The molecule has 1 fully saturated rings. The molecular weight excluding hydrogens is 270 g/mol. The van der Waals surface area contributed by atoms with Gasteiger partial charge in [0.1, 0.15) is 18.0 Å². The highest BCUT2D eigenvalue weighted by atomic mass is 16.5. The van der Waals surface area contributed by atoms with Gasteiger partial charge in [-0.3, -0.25) is 4.79 Å². The Morgan fingerprint density at radius 1 is 1.38 bits per heavy atom. The lowest BCUT2D eigenvalue weighted by molar-refractivity contribution is -0.118. The number of nitrogens with one attached hydrogen (secondary N) is 1. The molecule has 1 aromatic rings. The highest BCUT2D eigenvalue weighted by Gasteiger charge is 2.20. The zero-order valence-electron chi connectivity index (χ0n) is 12.9. The minimum atomic E-state index is 0.184. The van der Waals surface area contributed by atoms with Crippen LogP contribution in [0.5, 0.6) is 0 Å². The third-order valence-corrected chi connectivity index (χ3v) is 3.62. The van der Waals surface area contributed by atoms with Crippen LogP contribution < -0.4 is 10.2 Å². The van der Waals surface area contributed by atoms with Gasteiger partial charge < -0.3 is 19.9 Å². The molecule has 0 unspecified atom stereocenters. The molecule has 21 heavy (non-hydrogen) atoms. The van der Waals surface area contributed by atoms with Gasteiger partial charge in [0, 0.05) is 44.9 Å². The second-order valence-electron chi connectivity index (χ2n) is 5.30. The number of hydrogen-bond donors (Lipinski definition) is 1. The van der Waals surface area contributed by atoms with Crippen molar-refractivity contribution in [2.75, 3.05) is 50.1 Å². The first-order valence-corrected chi connectivity index (χ1v) is 7.17. The van der Waals surface area contributed by atoms with E-state index in [1.807, 2.05) is 13.8 Å². The number of anilines is 2. The van der Waals surface area contributed by atoms with E-state index in [9.17, 15) is 4.79 Å². The van der Waals surface area contributed by atoms with E-state index in [1.54, 1.807) is 18.3 Å². The van der Waals surface area contributed by atoms with E-state index in [1.165, 1.54) is 0 Å². The maximum Gasteiger partial charge on any atom is 0.209 e. The number of nitrogens with zero attached hydrogens (tertiary/aromatic N) is 4. The maximum atomic E-state index is 10.8. The SMILES string of the molecule is COC[C@@H](C)Nc1ncnc(N2CCN(C=O)CC2)c1C. The van der Waals surface area contributed by atoms with E-state index >= 15 is 0 Å². The first-order chi connectivity index (χ1) is 10.2. The lowest BCUT2D eigenvalue weighted by Gasteiger charge is -2.34. The molecule has 0 aromatic carbocycles.